The minimum absolute atomic E-state index is 0.174. The van der Waals surface area contributed by atoms with Crippen LogP contribution in [0, 0.1) is 6.92 Å². The largest absolute Gasteiger partial charge is 0.481 e. The summed E-state index contributed by atoms with van der Waals surface area (Å²) in [5, 5.41) is 8.82. The van der Waals surface area contributed by atoms with Gasteiger partial charge in [-0.1, -0.05) is 13.8 Å². The van der Waals surface area contributed by atoms with Gasteiger partial charge in [0.05, 0.1) is 0 Å². The van der Waals surface area contributed by atoms with E-state index in [1.165, 1.54) is 0 Å². The van der Waals surface area contributed by atoms with Crippen molar-refractivity contribution in [3.8, 4) is 0 Å². The van der Waals surface area contributed by atoms with Crippen LogP contribution in [0.1, 0.15) is 56.8 Å². The SMILES string of the molecule is CCC(CC)c1nc2cc(C)cnc2n1CCCC(=O)O. The number of aryl methyl sites for hydroxylation is 2. The lowest BCUT2D eigenvalue weighted by Gasteiger charge is -2.14. The van der Waals surface area contributed by atoms with Gasteiger partial charge < -0.3 is 9.67 Å². The maximum atomic E-state index is 10.7. The van der Waals surface area contributed by atoms with Crippen molar-refractivity contribution in [1.82, 2.24) is 14.5 Å². The Morgan fingerprint density at radius 1 is 1.38 bits per heavy atom. The smallest absolute Gasteiger partial charge is 0.303 e. The fraction of sp³-hybridized carbons (Fsp3) is 0.562. The van der Waals surface area contributed by atoms with E-state index in [-0.39, 0.29) is 6.42 Å². The Morgan fingerprint density at radius 3 is 2.71 bits per heavy atom. The van der Waals surface area contributed by atoms with E-state index in [0.29, 0.717) is 18.9 Å². The van der Waals surface area contributed by atoms with Crippen molar-refractivity contribution in [2.24, 2.45) is 0 Å². The fourth-order valence-electron chi connectivity index (χ4n) is 2.70. The molecular weight excluding hydrogens is 266 g/mol. The number of rotatable bonds is 7. The molecular formula is C16H23N3O2. The predicted octanol–water partition coefficient (Wildman–Crippen LogP) is 3.51. The first-order valence-corrected chi connectivity index (χ1v) is 7.61. The van der Waals surface area contributed by atoms with Crippen LogP contribution in [0.15, 0.2) is 12.3 Å². The lowest BCUT2D eigenvalue weighted by Crippen LogP contribution is -2.10. The number of carboxylic acid groups (broad SMARTS) is 1. The summed E-state index contributed by atoms with van der Waals surface area (Å²) < 4.78 is 2.11. The molecule has 5 nitrogen and oxygen atoms in total. The van der Waals surface area contributed by atoms with Gasteiger partial charge in [-0.25, -0.2) is 9.97 Å². The fourth-order valence-corrected chi connectivity index (χ4v) is 2.70. The summed E-state index contributed by atoms with van der Waals surface area (Å²) in [6.45, 7) is 6.99. The topological polar surface area (TPSA) is 68.0 Å². The van der Waals surface area contributed by atoms with Crippen molar-refractivity contribution < 1.29 is 9.90 Å². The van der Waals surface area contributed by atoms with Gasteiger partial charge in [0, 0.05) is 25.1 Å². The number of hydrogen-bond acceptors (Lipinski definition) is 3. The number of carbonyl (C=O) groups is 1. The van der Waals surface area contributed by atoms with Crippen LogP contribution in [0.2, 0.25) is 0 Å². The molecule has 0 saturated carbocycles. The van der Waals surface area contributed by atoms with Gasteiger partial charge >= 0.3 is 5.97 Å². The highest BCUT2D eigenvalue weighted by atomic mass is 16.4. The van der Waals surface area contributed by atoms with Crippen LogP contribution in [-0.4, -0.2) is 25.6 Å². The summed E-state index contributed by atoms with van der Waals surface area (Å²) in [4.78, 5) is 20.0. The molecule has 2 heterocycles. The average Bonchev–Trinajstić information content (AvgIpc) is 2.78. The molecule has 0 aromatic carbocycles. The highest BCUT2D eigenvalue weighted by Gasteiger charge is 2.18. The Labute approximate surface area is 125 Å². The molecule has 0 aliphatic rings. The van der Waals surface area contributed by atoms with Gasteiger partial charge in [0.1, 0.15) is 11.3 Å². The third kappa shape index (κ3) is 3.40. The summed E-state index contributed by atoms with van der Waals surface area (Å²) in [5.74, 6) is 0.676. The molecule has 0 saturated heterocycles. The molecule has 2 rings (SSSR count). The molecule has 114 valence electrons. The Bertz CT molecular complexity index is 630. The number of pyridine rings is 1. The van der Waals surface area contributed by atoms with Crippen LogP contribution in [0.3, 0.4) is 0 Å². The van der Waals surface area contributed by atoms with Crippen molar-refractivity contribution in [2.75, 3.05) is 0 Å². The van der Waals surface area contributed by atoms with E-state index in [4.69, 9.17) is 10.1 Å². The number of hydrogen-bond donors (Lipinski definition) is 1. The van der Waals surface area contributed by atoms with Crippen LogP contribution >= 0.6 is 0 Å². The van der Waals surface area contributed by atoms with E-state index >= 15 is 0 Å². The maximum absolute atomic E-state index is 10.7. The predicted molar refractivity (Wildman–Crippen MR) is 82.5 cm³/mol. The highest BCUT2D eigenvalue weighted by molar-refractivity contribution is 5.72. The molecule has 0 fully saturated rings. The highest BCUT2D eigenvalue weighted by Crippen LogP contribution is 2.26. The number of carboxylic acids is 1. The molecule has 0 aliphatic carbocycles. The van der Waals surface area contributed by atoms with Crippen molar-refractivity contribution in [2.45, 2.75) is 58.9 Å². The molecule has 0 bridgehead atoms. The van der Waals surface area contributed by atoms with E-state index in [0.717, 1.165) is 35.4 Å². The molecule has 0 aliphatic heterocycles. The summed E-state index contributed by atoms with van der Waals surface area (Å²) in [6, 6.07) is 2.04. The zero-order chi connectivity index (χ0) is 15.4. The van der Waals surface area contributed by atoms with Crippen LogP contribution < -0.4 is 0 Å². The van der Waals surface area contributed by atoms with Crippen molar-refractivity contribution in [1.29, 1.82) is 0 Å². The number of fused-ring (bicyclic) bond motifs is 1. The standard InChI is InChI=1S/C16H23N3O2/c1-4-12(5-2)15-18-13-9-11(3)10-17-16(13)19(15)8-6-7-14(20)21/h9-10,12H,4-8H2,1-3H3,(H,20,21). The van der Waals surface area contributed by atoms with Gasteiger partial charge in [0.15, 0.2) is 5.65 Å². The molecule has 1 N–H and O–H groups in total. The van der Waals surface area contributed by atoms with Crippen molar-refractivity contribution >= 4 is 17.1 Å². The molecule has 0 atom stereocenters. The minimum Gasteiger partial charge on any atom is -0.481 e. The summed E-state index contributed by atoms with van der Waals surface area (Å²) >= 11 is 0. The van der Waals surface area contributed by atoms with E-state index in [9.17, 15) is 4.79 Å². The lowest BCUT2D eigenvalue weighted by molar-refractivity contribution is -0.137. The second kappa shape index (κ2) is 6.70. The van der Waals surface area contributed by atoms with Gasteiger partial charge in [-0.2, -0.15) is 0 Å². The van der Waals surface area contributed by atoms with Crippen LogP contribution in [0.4, 0.5) is 0 Å². The number of aromatic nitrogens is 3. The minimum atomic E-state index is -0.757. The maximum Gasteiger partial charge on any atom is 0.303 e. The monoisotopic (exact) mass is 289 g/mol. The molecule has 0 amide bonds. The van der Waals surface area contributed by atoms with Gasteiger partial charge in [0.2, 0.25) is 0 Å². The Morgan fingerprint density at radius 2 is 2.10 bits per heavy atom. The van der Waals surface area contributed by atoms with E-state index < -0.39 is 5.97 Å². The second-order valence-electron chi connectivity index (χ2n) is 5.49. The Balaban J connectivity index is 2.41. The first-order valence-electron chi connectivity index (χ1n) is 7.61. The molecule has 5 heteroatoms. The van der Waals surface area contributed by atoms with E-state index in [2.05, 4.69) is 23.4 Å². The normalized spacial score (nSPS) is 11.4. The summed E-state index contributed by atoms with van der Waals surface area (Å²) in [7, 11) is 0. The van der Waals surface area contributed by atoms with Crippen LogP contribution in [0.5, 0.6) is 0 Å². The zero-order valence-corrected chi connectivity index (χ0v) is 13.0. The average molecular weight is 289 g/mol. The van der Waals surface area contributed by atoms with Gasteiger partial charge in [-0.3, -0.25) is 4.79 Å². The molecule has 0 radical (unpaired) electrons. The third-order valence-corrected chi connectivity index (χ3v) is 3.87. The van der Waals surface area contributed by atoms with E-state index in [1.54, 1.807) is 0 Å². The first kappa shape index (κ1) is 15.5. The van der Waals surface area contributed by atoms with Gasteiger partial charge in [0.25, 0.3) is 0 Å². The quantitative estimate of drug-likeness (QED) is 0.847. The van der Waals surface area contributed by atoms with Crippen molar-refractivity contribution in [3.05, 3.63) is 23.7 Å². The van der Waals surface area contributed by atoms with Crippen LogP contribution in [-0.2, 0) is 11.3 Å². The summed E-state index contributed by atoms with van der Waals surface area (Å²) in [6.07, 6.45) is 4.67. The second-order valence-corrected chi connectivity index (χ2v) is 5.49. The number of aliphatic carboxylic acids is 1. The molecule has 2 aromatic rings. The number of imidazole rings is 1. The number of nitrogens with zero attached hydrogens (tertiary/aromatic N) is 3. The molecule has 0 spiro atoms. The summed E-state index contributed by atoms with van der Waals surface area (Å²) in [5.41, 5.74) is 2.87. The van der Waals surface area contributed by atoms with Crippen LogP contribution in [0.25, 0.3) is 11.2 Å². The molecule has 21 heavy (non-hydrogen) atoms. The van der Waals surface area contributed by atoms with Gasteiger partial charge in [-0.05, 0) is 37.8 Å². The van der Waals surface area contributed by atoms with E-state index in [1.807, 2.05) is 19.2 Å². The molecule has 0 unspecified atom stereocenters. The zero-order valence-electron chi connectivity index (χ0n) is 13.0. The Hall–Kier alpha value is -1.91. The molecule has 2 aromatic heterocycles. The Kier molecular flexibility index (Phi) is 4.94. The van der Waals surface area contributed by atoms with Gasteiger partial charge in [-0.15, -0.1) is 0 Å². The first-order chi connectivity index (χ1) is 10.1. The van der Waals surface area contributed by atoms with Crippen molar-refractivity contribution in [3.63, 3.8) is 0 Å². The third-order valence-electron chi connectivity index (χ3n) is 3.87. The lowest BCUT2D eigenvalue weighted by atomic mass is 10.0.